The quantitative estimate of drug-likeness (QED) is 0.0442. The molecule has 0 aliphatic heterocycles. The predicted octanol–water partition coefficient (Wildman–Crippen LogP) is 11.4. The summed E-state index contributed by atoms with van der Waals surface area (Å²) in [6, 6.07) is 16.2. The Morgan fingerprint density at radius 1 is 0.596 bits per heavy atom. The summed E-state index contributed by atoms with van der Waals surface area (Å²) >= 11 is 0. The van der Waals surface area contributed by atoms with Gasteiger partial charge in [-0.1, -0.05) is 5.56 Å². The monoisotopic (exact) mass is 827 g/mol. The summed E-state index contributed by atoms with van der Waals surface area (Å²) in [5, 5.41) is 0. The van der Waals surface area contributed by atoms with Crippen molar-refractivity contribution in [3.8, 4) is 17.2 Å². The van der Waals surface area contributed by atoms with Crippen LogP contribution in [0, 0.1) is 6.07 Å². The Morgan fingerprint density at radius 3 is 1.33 bits per heavy atom. The Morgan fingerprint density at radius 2 is 0.982 bits per heavy atom. The molecule has 0 saturated carbocycles. The lowest BCUT2D eigenvalue weighted by Gasteiger charge is -2.49. The smallest absolute Gasteiger partial charge is 0.490 e. The van der Waals surface area contributed by atoms with Gasteiger partial charge in [0.05, 0.1) is 42.4 Å². The topological polar surface area (TPSA) is 46.2 Å². The largest absolute Gasteiger partial charge is 0.864 e. The molecule has 6 nitrogen and oxygen atoms in total. The van der Waals surface area contributed by atoms with Crippen molar-refractivity contribution in [3.63, 3.8) is 0 Å². The van der Waals surface area contributed by atoms with Crippen molar-refractivity contribution >= 4 is 7.32 Å². The van der Waals surface area contributed by atoms with Gasteiger partial charge in [0.1, 0.15) is 17.2 Å². The maximum absolute atomic E-state index is 14.0. The molecule has 0 radical (unpaired) electrons. The summed E-state index contributed by atoms with van der Waals surface area (Å²) < 4.78 is 185. The van der Waals surface area contributed by atoms with Gasteiger partial charge in [0.15, 0.2) is 6.29 Å². The molecular weight excluding hydrogens is 789 g/mol. The lowest BCUT2D eigenvalue weighted by atomic mass is 9.95. The second-order valence-electron chi connectivity index (χ2n) is 12.6. The molecule has 0 saturated heterocycles. The number of methoxy groups -OCH3 is 1. The first-order chi connectivity index (χ1) is 26.3. The van der Waals surface area contributed by atoms with E-state index in [-0.39, 0.29) is 27.3 Å². The van der Waals surface area contributed by atoms with Crippen LogP contribution in [0.1, 0.15) is 55.5 Å². The number of nitrogens with zero attached hydrogens (tertiary/aromatic N) is 1. The van der Waals surface area contributed by atoms with Crippen LogP contribution in [0.3, 0.4) is 0 Å². The van der Waals surface area contributed by atoms with Crippen LogP contribution < -0.4 is 14.0 Å². The van der Waals surface area contributed by atoms with E-state index in [1.54, 1.807) is 34.7 Å². The first-order valence-corrected chi connectivity index (χ1v) is 16.9. The predicted molar refractivity (Wildman–Crippen MR) is 184 cm³/mol. The number of hydrogen-bond acceptors (Lipinski definition) is 5. The molecule has 0 heterocycles. The number of ether oxygens (including phenoxy) is 2. The standard InChI is InChI=1S/C31H34BF9NO5.C7H4F3/c1-7-42(5,8-2)28(4,44-20(3)43-6)26-19-23(31(39,40)41)13-18-27(26)47-32(45-24-14-9-21(10-15-24)29(33,34)35)46-25-16-11-22(12-17-25)30(36,37)38;8-7(9,10)6-4-2-1-3-5-6/h9-20H,7-8H2,1-6H3;2-5H/q+1;-1. The third-order valence-electron chi connectivity index (χ3n) is 9.06. The number of alkyl halides is 12. The minimum atomic E-state index is -4.78. The molecule has 0 aromatic heterocycles. The van der Waals surface area contributed by atoms with Crippen LogP contribution in [0.2, 0.25) is 0 Å². The lowest BCUT2D eigenvalue weighted by molar-refractivity contribution is -0.990. The van der Waals surface area contributed by atoms with Crippen LogP contribution in [0.15, 0.2) is 91.0 Å². The molecule has 0 spiro atoms. The van der Waals surface area contributed by atoms with Gasteiger partial charge in [-0.15, -0.1) is 0 Å². The third-order valence-corrected chi connectivity index (χ3v) is 9.06. The molecule has 4 rings (SSSR count). The fourth-order valence-corrected chi connectivity index (χ4v) is 5.27. The van der Waals surface area contributed by atoms with Crippen LogP contribution in [0.25, 0.3) is 0 Å². The number of halogens is 12. The Labute approximate surface area is 321 Å². The molecule has 19 heteroatoms. The molecule has 4 aromatic carbocycles. The molecule has 0 aliphatic rings. The van der Waals surface area contributed by atoms with Crippen LogP contribution in [-0.4, -0.2) is 45.3 Å². The van der Waals surface area contributed by atoms with E-state index in [0.29, 0.717) is 13.1 Å². The average Bonchev–Trinajstić information content (AvgIpc) is 3.14. The highest BCUT2D eigenvalue weighted by atomic mass is 19.4. The van der Waals surface area contributed by atoms with Gasteiger partial charge in [0.25, 0.3) is 0 Å². The minimum absolute atomic E-state index is 0.0164. The lowest BCUT2D eigenvalue weighted by Crippen LogP contribution is -2.60. The minimum Gasteiger partial charge on any atom is -0.490 e. The first kappa shape index (κ1) is 46.8. The van der Waals surface area contributed by atoms with Crippen molar-refractivity contribution in [1.29, 1.82) is 0 Å². The normalized spacial score (nSPS) is 14.1. The highest BCUT2D eigenvalue weighted by Gasteiger charge is 2.50. The molecule has 2 unspecified atom stereocenters. The molecule has 0 aliphatic carbocycles. The molecule has 312 valence electrons. The Balaban J connectivity index is 0.000000754. The molecule has 57 heavy (non-hydrogen) atoms. The van der Waals surface area contributed by atoms with Crippen LogP contribution in [-0.2, 0) is 39.9 Å². The average molecular weight is 828 g/mol. The van der Waals surface area contributed by atoms with Gasteiger partial charge in [0.2, 0.25) is 5.72 Å². The SMILES string of the molecule is CC[N+](C)(CC)C(C)(OC(C)OC)c1cc(C(F)(F)F)ccc1OB(Oc1ccc(C(F)(F)F)cc1)Oc1ccc(C(F)(F)F)cc1.FC(F)(F)c1cc[c-]cc1. The van der Waals surface area contributed by atoms with Crippen molar-refractivity contribution < 1.29 is 80.6 Å². The molecule has 0 amide bonds. The van der Waals surface area contributed by atoms with Crippen LogP contribution in [0.5, 0.6) is 17.2 Å². The van der Waals surface area contributed by atoms with E-state index < -0.39 is 66.3 Å². The van der Waals surface area contributed by atoms with E-state index in [0.717, 1.165) is 78.9 Å². The van der Waals surface area contributed by atoms with Crippen molar-refractivity contribution in [2.45, 2.75) is 64.4 Å². The first-order valence-electron chi connectivity index (χ1n) is 16.9. The van der Waals surface area contributed by atoms with Crippen molar-refractivity contribution in [1.82, 2.24) is 0 Å². The van der Waals surface area contributed by atoms with Gasteiger partial charge in [-0.2, -0.15) is 83.0 Å². The highest BCUT2D eigenvalue weighted by molar-refractivity contribution is 6.39. The van der Waals surface area contributed by atoms with Crippen LogP contribution >= 0.6 is 0 Å². The van der Waals surface area contributed by atoms with E-state index in [1.807, 2.05) is 0 Å². The van der Waals surface area contributed by atoms with Crippen molar-refractivity contribution in [2.75, 3.05) is 27.2 Å². The maximum Gasteiger partial charge on any atom is 0.864 e. The zero-order chi connectivity index (χ0) is 43.0. The summed E-state index contributed by atoms with van der Waals surface area (Å²) in [7, 11) is 1.18. The summed E-state index contributed by atoms with van der Waals surface area (Å²) in [6.07, 6.45) is -19.2. The van der Waals surface area contributed by atoms with E-state index in [9.17, 15) is 52.7 Å². The molecule has 0 N–H and O–H groups in total. The Bertz CT molecular complexity index is 1790. The van der Waals surface area contributed by atoms with E-state index in [1.165, 1.54) is 19.2 Å². The number of quaternary nitrogens is 1. The number of benzene rings is 4. The number of rotatable bonds is 13. The summed E-state index contributed by atoms with van der Waals surface area (Å²) in [4.78, 5) is 0. The fraction of sp³-hybridized carbons (Fsp3) is 0.368. The molecule has 4 aromatic rings. The molecule has 2 atom stereocenters. The van der Waals surface area contributed by atoms with E-state index >= 15 is 0 Å². The van der Waals surface area contributed by atoms with Crippen molar-refractivity contribution in [3.05, 3.63) is 125 Å². The number of hydrogen-bond donors (Lipinski definition) is 0. The van der Waals surface area contributed by atoms with Crippen LogP contribution in [0.4, 0.5) is 52.7 Å². The van der Waals surface area contributed by atoms with Gasteiger partial charge < -0.3 is 18.7 Å². The van der Waals surface area contributed by atoms with Gasteiger partial charge in [-0.3, -0.25) is 9.22 Å². The van der Waals surface area contributed by atoms with Gasteiger partial charge in [-0.25, -0.2) is 0 Å². The highest BCUT2D eigenvalue weighted by Crippen LogP contribution is 2.44. The second-order valence-corrected chi connectivity index (χ2v) is 12.6. The van der Waals surface area contributed by atoms with E-state index in [2.05, 4.69) is 6.07 Å². The zero-order valence-corrected chi connectivity index (χ0v) is 31.3. The second kappa shape index (κ2) is 18.3. The summed E-state index contributed by atoms with van der Waals surface area (Å²) in [6.45, 7) is 7.45. The van der Waals surface area contributed by atoms with Gasteiger partial charge in [0, 0.05) is 14.0 Å². The molecule has 0 bridgehead atoms. The maximum atomic E-state index is 14.0. The van der Waals surface area contributed by atoms with Crippen molar-refractivity contribution in [2.24, 2.45) is 0 Å². The summed E-state index contributed by atoms with van der Waals surface area (Å²) in [5.41, 5.74) is -5.35. The van der Waals surface area contributed by atoms with Gasteiger partial charge in [-0.05, 0) is 87.5 Å². The molecular formula is C38H38BF12NO5. The zero-order valence-electron chi connectivity index (χ0n) is 31.3. The third kappa shape index (κ3) is 12.4. The summed E-state index contributed by atoms with van der Waals surface area (Å²) in [5.74, 6) is -0.657. The van der Waals surface area contributed by atoms with E-state index in [4.69, 9.17) is 23.4 Å². The molecule has 0 fully saturated rings. The Hall–Kier alpha value is -4.62. The Kier molecular flexibility index (Phi) is 15.0. The fourth-order valence-electron chi connectivity index (χ4n) is 5.27. The van der Waals surface area contributed by atoms with Gasteiger partial charge >= 0.3 is 32.0 Å².